The van der Waals surface area contributed by atoms with Gasteiger partial charge in [0.15, 0.2) is 0 Å². The summed E-state index contributed by atoms with van der Waals surface area (Å²) < 4.78 is 0. The van der Waals surface area contributed by atoms with Gasteiger partial charge >= 0.3 is 0 Å². The molecule has 0 spiro atoms. The van der Waals surface area contributed by atoms with Gasteiger partial charge in [-0.25, -0.2) is 0 Å². The SMILES string of the molecule is CC(CCc1cccs1)CNC1CC1. The van der Waals surface area contributed by atoms with E-state index in [0.29, 0.717) is 0 Å². The average Bonchev–Trinajstić information content (AvgIpc) is 2.87. The molecular weight excluding hydrogens is 190 g/mol. The van der Waals surface area contributed by atoms with Crippen LogP contribution in [0.15, 0.2) is 17.5 Å². The van der Waals surface area contributed by atoms with Crippen molar-refractivity contribution < 1.29 is 0 Å². The Hall–Kier alpha value is -0.340. The van der Waals surface area contributed by atoms with E-state index in [0.717, 1.165) is 12.0 Å². The van der Waals surface area contributed by atoms with Crippen LogP contribution in [-0.2, 0) is 6.42 Å². The van der Waals surface area contributed by atoms with Gasteiger partial charge in [0.2, 0.25) is 0 Å². The molecule has 0 amide bonds. The van der Waals surface area contributed by atoms with Crippen LogP contribution in [0.3, 0.4) is 0 Å². The molecule has 78 valence electrons. The van der Waals surface area contributed by atoms with E-state index in [-0.39, 0.29) is 0 Å². The molecule has 1 nitrogen and oxygen atoms in total. The smallest absolute Gasteiger partial charge is 0.00683 e. The van der Waals surface area contributed by atoms with Crippen LogP contribution in [0.5, 0.6) is 0 Å². The van der Waals surface area contributed by atoms with Gasteiger partial charge in [-0.3, -0.25) is 0 Å². The maximum Gasteiger partial charge on any atom is 0.00683 e. The van der Waals surface area contributed by atoms with Gasteiger partial charge < -0.3 is 5.32 Å². The molecule has 1 fully saturated rings. The molecule has 0 bridgehead atoms. The van der Waals surface area contributed by atoms with E-state index in [2.05, 4.69) is 29.8 Å². The van der Waals surface area contributed by atoms with E-state index >= 15 is 0 Å². The minimum atomic E-state index is 0.817. The van der Waals surface area contributed by atoms with Crippen LogP contribution in [0.4, 0.5) is 0 Å². The third-order valence-electron chi connectivity index (χ3n) is 2.80. The third kappa shape index (κ3) is 3.43. The highest BCUT2D eigenvalue weighted by atomic mass is 32.1. The van der Waals surface area contributed by atoms with Gasteiger partial charge in [-0.1, -0.05) is 13.0 Å². The molecule has 1 saturated carbocycles. The minimum Gasteiger partial charge on any atom is -0.314 e. The Morgan fingerprint density at radius 2 is 2.43 bits per heavy atom. The zero-order valence-corrected chi connectivity index (χ0v) is 9.65. The fourth-order valence-electron chi connectivity index (χ4n) is 1.60. The number of aryl methyl sites for hydroxylation is 1. The maximum atomic E-state index is 3.59. The number of rotatable bonds is 6. The van der Waals surface area contributed by atoms with Crippen LogP contribution in [0.25, 0.3) is 0 Å². The van der Waals surface area contributed by atoms with Crippen molar-refractivity contribution in [2.75, 3.05) is 6.54 Å². The first-order valence-corrected chi connectivity index (χ1v) is 6.48. The summed E-state index contributed by atoms with van der Waals surface area (Å²) in [5.41, 5.74) is 0. The van der Waals surface area contributed by atoms with Crippen molar-refractivity contribution in [3.63, 3.8) is 0 Å². The highest BCUT2D eigenvalue weighted by Crippen LogP contribution is 2.20. The molecule has 1 aliphatic carbocycles. The number of thiophene rings is 1. The van der Waals surface area contributed by atoms with Crippen LogP contribution in [-0.4, -0.2) is 12.6 Å². The molecule has 1 N–H and O–H groups in total. The van der Waals surface area contributed by atoms with E-state index in [1.54, 1.807) is 0 Å². The third-order valence-corrected chi connectivity index (χ3v) is 3.73. The van der Waals surface area contributed by atoms with Gasteiger partial charge in [-0.15, -0.1) is 11.3 Å². The molecular formula is C12H19NS. The van der Waals surface area contributed by atoms with Crippen molar-refractivity contribution in [2.24, 2.45) is 5.92 Å². The molecule has 0 radical (unpaired) electrons. The van der Waals surface area contributed by atoms with Crippen molar-refractivity contribution in [1.82, 2.24) is 5.32 Å². The summed E-state index contributed by atoms with van der Waals surface area (Å²) in [6.07, 6.45) is 5.38. The van der Waals surface area contributed by atoms with E-state index in [1.807, 2.05) is 11.3 Å². The van der Waals surface area contributed by atoms with Crippen molar-refractivity contribution in [1.29, 1.82) is 0 Å². The number of hydrogen-bond donors (Lipinski definition) is 1. The molecule has 1 aliphatic rings. The first kappa shape index (κ1) is 10.2. The molecule has 1 unspecified atom stereocenters. The fourth-order valence-corrected chi connectivity index (χ4v) is 2.33. The second kappa shape index (κ2) is 4.94. The van der Waals surface area contributed by atoms with E-state index in [1.165, 1.54) is 37.1 Å². The molecule has 1 aromatic rings. The summed E-state index contributed by atoms with van der Waals surface area (Å²) in [6, 6.07) is 5.25. The first-order chi connectivity index (χ1) is 6.84. The average molecular weight is 209 g/mol. The van der Waals surface area contributed by atoms with Crippen LogP contribution >= 0.6 is 11.3 Å². The molecule has 0 saturated heterocycles. The lowest BCUT2D eigenvalue weighted by Crippen LogP contribution is -2.23. The van der Waals surface area contributed by atoms with Crippen molar-refractivity contribution in [3.05, 3.63) is 22.4 Å². The van der Waals surface area contributed by atoms with E-state index < -0.39 is 0 Å². The lowest BCUT2D eigenvalue weighted by Gasteiger charge is -2.11. The topological polar surface area (TPSA) is 12.0 Å². The van der Waals surface area contributed by atoms with Gasteiger partial charge in [0.1, 0.15) is 0 Å². The van der Waals surface area contributed by atoms with Crippen molar-refractivity contribution in [2.45, 2.75) is 38.6 Å². The van der Waals surface area contributed by atoms with Crippen LogP contribution in [0.1, 0.15) is 31.1 Å². The highest BCUT2D eigenvalue weighted by molar-refractivity contribution is 7.09. The molecule has 1 heterocycles. The summed E-state index contributed by atoms with van der Waals surface area (Å²) in [7, 11) is 0. The Labute approximate surface area is 90.5 Å². The first-order valence-electron chi connectivity index (χ1n) is 5.60. The Balaban J connectivity index is 1.59. The molecule has 0 aliphatic heterocycles. The summed E-state index contributed by atoms with van der Waals surface area (Å²) in [5.74, 6) is 0.817. The van der Waals surface area contributed by atoms with Gasteiger partial charge in [0.25, 0.3) is 0 Å². The molecule has 2 heteroatoms. The fraction of sp³-hybridized carbons (Fsp3) is 0.667. The summed E-state index contributed by atoms with van der Waals surface area (Å²) >= 11 is 1.88. The monoisotopic (exact) mass is 209 g/mol. The maximum absolute atomic E-state index is 3.59. The lowest BCUT2D eigenvalue weighted by molar-refractivity contribution is 0.481. The van der Waals surface area contributed by atoms with Gasteiger partial charge in [0, 0.05) is 10.9 Å². The van der Waals surface area contributed by atoms with Gasteiger partial charge in [0.05, 0.1) is 0 Å². The number of hydrogen-bond acceptors (Lipinski definition) is 2. The zero-order chi connectivity index (χ0) is 9.80. The Morgan fingerprint density at radius 1 is 1.57 bits per heavy atom. The van der Waals surface area contributed by atoms with Crippen LogP contribution < -0.4 is 5.32 Å². The summed E-state index contributed by atoms with van der Waals surface area (Å²) in [6.45, 7) is 3.55. The standard InChI is InChI=1S/C12H19NS/c1-10(9-13-11-5-6-11)4-7-12-3-2-8-14-12/h2-3,8,10-11,13H,4-7,9H2,1H3. The Kier molecular flexibility index (Phi) is 3.60. The second-order valence-electron chi connectivity index (χ2n) is 4.41. The molecule has 1 atom stereocenters. The predicted octanol–water partition coefficient (Wildman–Crippen LogP) is 3.07. The molecule has 2 rings (SSSR count). The Bertz CT molecular complexity index is 251. The molecule has 0 aromatic carbocycles. The van der Waals surface area contributed by atoms with Crippen LogP contribution in [0.2, 0.25) is 0 Å². The van der Waals surface area contributed by atoms with Gasteiger partial charge in [-0.05, 0) is 49.6 Å². The van der Waals surface area contributed by atoms with Crippen molar-refractivity contribution in [3.8, 4) is 0 Å². The van der Waals surface area contributed by atoms with E-state index in [9.17, 15) is 0 Å². The summed E-state index contributed by atoms with van der Waals surface area (Å²) in [4.78, 5) is 1.53. The van der Waals surface area contributed by atoms with E-state index in [4.69, 9.17) is 0 Å². The van der Waals surface area contributed by atoms with Crippen LogP contribution in [0, 0.1) is 5.92 Å². The van der Waals surface area contributed by atoms with Gasteiger partial charge in [-0.2, -0.15) is 0 Å². The zero-order valence-electron chi connectivity index (χ0n) is 8.83. The summed E-state index contributed by atoms with van der Waals surface area (Å²) in [5, 5.41) is 5.76. The normalized spacial score (nSPS) is 18.4. The molecule has 14 heavy (non-hydrogen) atoms. The largest absolute Gasteiger partial charge is 0.314 e. The molecule has 1 aromatic heterocycles. The minimum absolute atomic E-state index is 0.817. The highest BCUT2D eigenvalue weighted by Gasteiger charge is 2.20. The van der Waals surface area contributed by atoms with Crippen molar-refractivity contribution >= 4 is 11.3 Å². The quantitative estimate of drug-likeness (QED) is 0.759. The predicted molar refractivity (Wildman–Crippen MR) is 62.8 cm³/mol. The lowest BCUT2D eigenvalue weighted by atomic mass is 10.1. The number of nitrogens with one attached hydrogen (secondary N) is 1. The second-order valence-corrected chi connectivity index (χ2v) is 5.44. The Morgan fingerprint density at radius 3 is 3.07 bits per heavy atom.